The van der Waals surface area contributed by atoms with E-state index in [2.05, 4.69) is 33.4 Å². The van der Waals surface area contributed by atoms with Gasteiger partial charge < -0.3 is 4.57 Å². The highest BCUT2D eigenvalue weighted by Crippen LogP contribution is 2.12. The molecule has 0 N–H and O–H groups in total. The van der Waals surface area contributed by atoms with Crippen molar-refractivity contribution in [1.82, 2.24) is 19.5 Å². The molecule has 0 aliphatic carbocycles. The quantitative estimate of drug-likeness (QED) is 0.694. The predicted molar refractivity (Wildman–Crippen MR) is 50.4 cm³/mol. The highest BCUT2D eigenvalue weighted by molar-refractivity contribution is 5.69. The fraction of sp³-hybridized carbons (Fsp3) is 0.444. The number of hydrogen-bond donors (Lipinski definition) is 0. The maximum Gasteiger partial charge on any atom is 0.163 e. The maximum absolute atomic E-state index is 4.44. The molecule has 0 saturated heterocycles. The first-order valence-electron chi connectivity index (χ1n) is 4.52. The molecule has 4 nitrogen and oxygen atoms in total. The smallest absolute Gasteiger partial charge is 0.163 e. The first kappa shape index (κ1) is 8.16. The van der Waals surface area contributed by atoms with Gasteiger partial charge in [-0.2, -0.15) is 0 Å². The Labute approximate surface area is 76.7 Å². The molecule has 13 heavy (non-hydrogen) atoms. The number of nitrogens with zero attached hydrogens (tertiary/aromatic N) is 4. The lowest BCUT2D eigenvalue weighted by atomic mass is 10.4. The fourth-order valence-electron chi connectivity index (χ4n) is 1.53. The normalized spacial score (nSPS) is 10.9. The Morgan fingerprint density at radius 2 is 2.23 bits per heavy atom. The van der Waals surface area contributed by atoms with Gasteiger partial charge in [-0.25, -0.2) is 15.0 Å². The number of fused-ring (bicyclic) bond motifs is 1. The van der Waals surface area contributed by atoms with Crippen molar-refractivity contribution in [2.24, 2.45) is 0 Å². The number of aromatic nitrogens is 4. The van der Waals surface area contributed by atoms with Crippen LogP contribution in [0, 0.1) is 0 Å². The molecule has 2 rings (SSSR count). The average molecular weight is 176 g/mol. The summed E-state index contributed by atoms with van der Waals surface area (Å²) in [6.07, 6.45) is 4.26. The maximum atomic E-state index is 4.44. The lowest BCUT2D eigenvalue weighted by Crippen LogP contribution is -2.00. The molecular formula is C9H12N4. The van der Waals surface area contributed by atoms with Gasteiger partial charge in [0, 0.05) is 13.0 Å². The summed E-state index contributed by atoms with van der Waals surface area (Å²) in [6, 6.07) is 0. The first-order valence-corrected chi connectivity index (χ1v) is 4.52. The van der Waals surface area contributed by atoms with Gasteiger partial charge in [0.1, 0.15) is 17.7 Å². The molecule has 4 heteroatoms. The summed E-state index contributed by atoms with van der Waals surface area (Å²) >= 11 is 0. The number of hydrogen-bond acceptors (Lipinski definition) is 3. The lowest BCUT2D eigenvalue weighted by molar-refractivity contribution is 0.719. The van der Waals surface area contributed by atoms with Crippen LogP contribution in [0.3, 0.4) is 0 Å². The van der Waals surface area contributed by atoms with Crippen molar-refractivity contribution >= 4 is 11.2 Å². The second-order valence-corrected chi connectivity index (χ2v) is 2.86. The molecule has 0 aromatic carbocycles. The second-order valence-electron chi connectivity index (χ2n) is 2.86. The average Bonchev–Trinajstić information content (AvgIpc) is 2.55. The second kappa shape index (κ2) is 3.12. The Bertz CT molecular complexity index is 418. The molecule has 0 radical (unpaired) electrons. The van der Waals surface area contributed by atoms with Gasteiger partial charge in [0.2, 0.25) is 0 Å². The summed E-state index contributed by atoms with van der Waals surface area (Å²) in [6.45, 7) is 5.11. The van der Waals surface area contributed by atoms with Gasteiger partial charge in [0.15, 0.2) is 5.65 Å². The molecule has 0 saturated carbocycles. The van der Waals surface area contributed by atoms with Gasteiger partial charge in [0.25, 0.3) is 0 Å². The monoisotopic (exact) mass is 176 g/mol. The van der Waals surface area contributed by atoms with Gasteiger partial charge in [-0.3, -0.25) is 0 Å². The number of rotatable bonds is 2. The molecule has 2 aromatic heterocycles. The summed E-state index contributed by atoms with van der Waals surface area (Å²) in [5, 5.41) is 0. The molecule has 0 unspecified atom stereocenters. The minimum atomic E-state index is 0.890. The van der Waals surface area contributed by atoms with Crippen LogP contribution in [0.5, 0.6) is 0 Å². The lowest BCUT2D eigenvalue weighted by Gasteiger charge is -2.01. The van der Waals surface area contributed by atoms with Crippen molar-refractivity contribution in [2.75, 3.05) is 0 Å². The van der Waals surface area contributed by atoms with E-state index in [0.717, 1.165) is 30.0 Å². The zero-order chi connectivity index (χ0) is 9.26. The van der Waals surface area contributed by atoms with Gasteiger partial charge in [-0.15, -0.1) is 0 Å². The van der Waals surface area contributed by atoms with Crippen LogP contribution in [-0.4, -0.2) is 19.5 Å². The zero-order valence-corrected chi connectivity index (χ0v) is 7.86. The van der Waals surface area contributed by atoms with E-state index in [0.29, 0.717) is 0 Å². The first-order chi connectivity index (χ1) is 6.36. The van der Waals surface area contributed by atoms with E-state index in [9.17, 15) is 0 Å². The van der Waals surface area contributed by atoms with Gasteiger partial charge in [0.05, 0.1) is 6.20 Å². The summed E-state index contributed by atoms with van der Waals surface area (Å²) in [5.74, 6) is 1.08. The largest absolute Gasteiger partial charge is 0.313 e. The SMILES string of the molecule is CCc1nc2cncnc2n1CC. The van der Waals surface area contributed by atoms with Crippen LogP contribution in [0.4, 0.5) is 0 Å². The van der Waals surface area contributed by atoms with Crippen LogP contribution in [0.1, 0.15) is 19.7 Å². The standard InChI is InChI=1S/C9H12N4/c1-3-8-12-7-5-10-6-11-9(7)13(8)4-2/h5-6H,3-4H2,1-2H3. The minimum absolute atomic E-state index is 0.890. The van der Waals surface area contributed by atoms with Crippen molar-refractivity contribution < 1.29 is 0 Å². The van der Waals surface area contributed by atoms with E-state index >= 15 is 0 Å². The van der Waals surface area contributed by atoms with Crippen LogP contribution in [0.2, 0.25) is 0 Å². The van der Waals surface area contributed by atoms with Gasteiger partial charge in [-0.1, -0.05) is 6.92 Å². The summed E-state index contributed by atoms with van der Waals surface area (Å²) in [7, 11) is 0. The van der Waals surface area contributed by atoms with Crippen molar-refractivity contribution in [3.63, 3.8) is 0 Å². The van der Waals surface area contributed by atoms with E-state index in [1.54, 1.807) is 12.5 Å². The third kappa shape index (κ3) is 1.18. The molecule has 0 aliphatic heterocycles. The Balaban J connectivity index is 2.73. The molecule has 0 spiro atoms. The Kier molecular flexibility index (Phi) is 1.96. The topological polar surface area (TPSA) is 43.6 Å². The van der Waals surface area contributed by atoms with Crippen LogP contribution in [0.25, 0.3) is 11.2 Å². The zero-order valence-electron chi connectivity index (χ0n) is 7.86. The van der Waals surface area contributed by atoms with Crippen LogP contribution >= 0.6 is 0 Å². The summed E-state index contributed by atoms with van der Waals surface area (Å²) < 4.78 is 2.12. The summed E-state index contributed by atoms with van der Waals surface area (Å²) in [5.41, 5.74) is 1.83. The van der Waals surface area contributed by atoms with E-state index < -0.39 is 0 Å². The van der Waals surface area contributed by atoms with E-state index in [1.165, 1.54) is 0 Å². The van der Waals surface area contributed by atoms with E-state index in [1.807, 2.05) is 0 Å². The van der Waals surface area contributed by atoms with Crippen molar-refractivity contribution in [3.8, 4) is 0 Å². The van der Waals surface area contributed by atoms with Crippen molar-refractivity contribution in [1.29, 1.82) is 0 Å². The van der Waals surface area contributed by atoms with Crippen LogP contribution in [0.15, 0.2) is 12.5 Å². The van der Waals surface area contributed by atoms with Gasteiger partial charge >= 0.3 is 0 Å². The fourth-order valence-corrected chi connectivity index (χ4v) is 1.53. The molecule has 0 atom stereocenters. The Morgan fingerprint density at radius 3 is 2.92 bits per heavy atom. The van der Waals surface area contributed by atoms with Crippen LogP contribution in [-0.2, 0) is 13.0 Å². The summed E-state index contributed by atoms with van der Waals surface area (Å²) in [4.78, 5) is 12.6. The van der Waals surface area contributed by atoms with Crippen LogP contribution < -0.4 is 0 Å². The number of imidazole rings is 1. The highest BCUT2D eigenvalue weighted by Gasteiger charge is 2.07. The predicted octanol–water partition coefficient (Wildman–Crippen LogP) is 1.41. The van der Waals surface area contributed by atoms with Crippen molar-refractivity contribution in [2.45, 2.75) is 26.8 Å². The van der Waals surface area contributed by atoms with E-state index in [4.69, 9.17) is 0 Å². The molecule has 2 heterocycles. The highest BCUT2D eigenvalue weighted by atomic mass is 15.1. The molecular weight excluding hydrogens is 164 g/mol. The third-order valence-corrected chi connectivity index (χ3v) is 2.12. The Hall–Kier alpha value is -1.45. The minimum Gasteiger partial charge on any atom is -0.313 e. The third-order valence-electron chi connectivity index (χ3n) is 2.12. The molecule has 0 bridgehead atoms. The van der Waals surface area contributed by atoms with E-state index in [-0.39, 0.29) is 0 Å². The molecule has 0 aliphatic rings. The molecule has 0 fully saturated rings. The number of aryl methyl sites for hydroxylation is 2. The van der Waals surface area contributed by atoms with Gasteiger partial charge in [-0.05, 0) is 6.92 Å². The van der Waals surface area contributed by atoms with Crippen molar-refractivity contribution in [3.05, 3.63) is 18.3 Å². The molecule has 68 valence electrons. The molecule has 0 amide bonds. The Morgan fingerprint density at radius 1 is 1.38 bits per heavy atom. The molecule has 2 aromatic rings.